The van der Waals surface area contributed by atoms with Crippen LogP contribution >= 0.6 is 0 Å². The number of hydrogen-bond acceptors (Lipinski definition) is 4. The minimum Gasteiger partial charge on any atom is -0.378 e. The molecule has 0 spiro atoms. The van der Waals surface area contributed by atoms with Crippen LogP contribution in [0.2, 0.25) is 0 Å². The molecular weight excluding hydrogens is 352 g/mol. The number of aromatic nitrogens is 1. The largest absolute Gasteiger partial charge is 0.378 e. The van der Waals surface area contributed by atoms with Crippen molar-refractivity contribution in [1.82, 2.24) is 9.47 Å². The standard InChI is InChI=1S/C22H26N4O2/c1-16-13-18(14-19(15-23)22(27)24(3)4)17(2)26(16)21-7-5-20(6-8-21)25-9-11-28-12-10-25/h5-8,13-14H,9-12H2,1-4H3/b19-14-. The predicted molar refractivity (Wildman–Crippen MR) is 111 cm³/mol. The number of carbonyl (C=O) groups is 1. The number of rotatable bonds is 4. The van der Waals surface area contributed by atoms with Gasteiger partial charge in [-0.05, 0) is 55.8 Å². The number of nitriles is 1. The Bertz CT molecular complexity index is 927. The summed E-state index contributed by atoms with van der Waals surface area (Å²) >= 11 is 0. The highest BCUT2D eigenvalue weighted by Crippen LogP contribution is 2.25. The number of carbonyl (C=O) groups excluding carboxylic acids is 1. The third-order valence-corrected chi connectivity index (χ3v) is 5.01. The molecule has 0 N–H and O–H groups in total. The monoisotopic (exact) mass is 378 g/mol. The molecule has 0 unspecified atom stereocenters. The summed E-state index contributed by atoms with van der Waals surface area (Å²) in [6, 6.07) is 12.5. The van der Waals surface area contributed by atoms with Crippen LogP contribution in [0.3, 0.4) is 0 Å². The van der Waals surface area contributed by atoms with Crippen molar-refractivity contribution in [2.24, 2.45) is 0 Å². The number of ether oxygens (including phenoxy) is 1. The lowest BCUT2D eigenvalue weighted by Crippen LogP contribution is -2.36. The lowest BCUT2D eigenvalue weighted by Gasteiger charge is -2.29. The summed E-state index contributed by atoms with van der Waals surface area (Å²) < 4.78 is 7.56. The van der Waals surface area contributed by atoms with Crippen LogP contribution in [0.15, 0.2) is 35.9 Å². The molecule has 1 amide bonds. The Kier molecular flexibility index (Phi) is 5.86. The minimum atomic E-state index is -0.290. The number of morpholine rings is 1. The van der Waals surface area contributed by atoms with Gasteiger partial charge in [0.25, 0.3) is 5.91 Å². The number of aryl methyl sites for hydroxylation is 1. The van der Waals surface area contributed by atoms with Crippen molar-refractivity contribution in [2.45, 2.75) is 13.8 Å². The van der Waals surface area contributed by atoms with E-state index in [9.17, 15) is 10.1 Å². The molecule has 28 heavy (non-hydrogen) atoms. The number of hydrogen-bond donors (Lipinski definition) is 0. The van der Waals surface area contributed by atoms with Gasteiger partial charge in [0, 0.05) is 49.9 Å². The van der Waals surface area contributed by atoms with Crippen LogP contribution < -0.4 is 4.90 Å². The van der Waals surface area contributed by atoms with Crippen molar-refractivity contribution < 1.29 is 9.53 Å². The van der Waals surface area contributed by atoms with Crippen LogP contribution in [-0.2, 0) is 9.53 Å². The number of likely N-dealkylation sites (N-methyl/N-ethyl adjacent to an activating group) is 1. The lowest BCUT2D eigenvalue weighted by atomic mass is 10.1. The minimum absolute atomic E-state index is 0.132. The van der Waals surface area contributed by atoms with Gasteiger partial charge >= 0.3 is 0 Å². The summed E-state index contributed by atoms with van der Waals surface area (Å²) in [6.07, 6.45) is 1.67. The fraction of sp³-hybridized carbons (Fsp3) is 0.364. The zero-order chi connectivity index (χ0) is 20.3. The number of amides is 1. The first-order valence-electron chi connectivity index (χ1n) is 9.38. The summed E-state index contributed by atoms with van der Waals surface area (Å²) in [4.78, 5) is 15.9. The van der Waals surface area contributed by atoms with Crippen LogP contribution in [0.25, 0.3) is 11.8 Å². The molecule has 0 saturated carbocycles. The molecule has 2 aromatic rings. The smallest absolute Gasteiger partial charge is 0.264 e. The fourth-order valence-corrected chi connectivity index (χ4v) is 3.50. The number of benzene rings is 1. The van der Waals surface area contributed by atoms with Gasteiger partial charge in [0.2, 0.25) is 0 Å². The van der Waals surface area contributed by atoms with Gasteiger partial charge in [-0.2, -0.15) is 5.26 Å². The highest BCUT2D eigenvalue weighted by Gasteiger charge is 2.16. The van der Waals surface area contributed by atoms with Crippen LogP contribution in [0.4, 0.5) is 5.69 Å². The van der Waals surface area contributed by atoms with Crippen LogP contribution in [0, 0.1) is 25.2 Å². The Hall–Kier alpha value is -3.04. The molecule has 0 atom stereocenters. The average Bonchev–Trinajstić information content (AvgIpc) is 2.99. The topological polar surface area (TPSA) is 61.5 Å². The second-order valence-corrected chi connectivity index (χ2v) is 7.15. The summed E-state index contributed by atoms with van der Waals surface area (Å²) in [7, 11) is 3.29. The van der Waals surface area contributed by atoms with Crippen molar-refractivity contribution in [3.8, 4) is 11.8 Å². The molecule has 1 fully saturated rings. The van der Waals surface area contributed by atoms with Gasteiger partial charge in [0.15, 0.2) is 0 Å². The molecule has 0 aliphatic carbocycles. The van der Waals surface area contributed by atoms with E-state index in [4.69, 9.17) is 4.74 Å². The maximum atomic E-state index is 12.2. The molecule has 0 radical (unpaired) electrons. The van der Waals surface area contributed by atoms with E-state index in [-0.39, 0.29) is 11.5 Å². The van der Waals surface area contributed by atoms with Crippen molar-refractivity contribution in [2.75, 3.05) is 45.3 Å². The van der Waals surface area contributed by atoms with Gasteiger partial charge in [0.1, 0.15) is 11.6 Å². The highest BCUT2D eigenvalue weighted by molar-refractivity contribution is 6.01. The highest BCUT2D eigenvalue weighted by atomic mass is 16.5. The summed E-state index contributed by atoms with van der Waals surface area (Å²) in [5.74, 6) is -0.290. The van der Waals surface area contributed by atoms with Crippen LogP contribution in [-0.4, -0.2) is 55.8 Å². The van der Waals surface area contributed by atoms with E-state index in [0.29, 0.717) is 0 Å². The molecule has 1 aromatic carbocycles. The van der Waals surface area contributed by atoms with Gasteiger partial charge in [-0.1, -0.05) is 0 Å². The van der Waals surface area contributed by atoms with E-state index in [1.165, 1.54) is 10.6 Å². The Balaban J connectivity index is 1.91. The maximum absolute atomic E-state index is 12.2. The van der Waals surface area contributed by atoms with Gasteiger partial charge in [-0.3, -0.25) is 4.79 Å². The SMILES string of the molecule is Cc1cc(/C=C(/C#N)C(=O)N(C)C)c(C)n1-c1ccc(N2CCOCC2)cc1. The van der Waals surface area contributed by atoms with Crippen molar-refractivity contribution in [3.63, 3.8) is 0 Å². The van der Waals surface area contributed by atoms with E-state index < -0.39 is 0 Å². The average molecular weight is 378 g/mol. The zero-order valence-electron chi connectivity index (χ0n) is 16.9. The summed E-state index contributed by atoms with van der Waals surface area (Å²) in [5, 5.41) is 9.36. The molecule has 3 rings (SSSR count). The Morgan fingerprint density at radius 2 is 1.75 bits per heavy atom. The Morgan fingerprint density at radius 3 is 2.32 bits per heavy atom. The van der Waals surface area contributed by atoms with E-state index >= 15 is 0 Å². The number of nitrogens with zero attached hydrogens (tertiary/aromatic N) is 4. The van der Waals surface area contributed by atoms with Crippen LogP contribution in [0.1, 0.15) is 17.0 Å². The molecule has 0 bridgehead atoms. The molecular formula is C22H26N4O2. The zero-order valence-corrected chi connectivity index (χ0v) is 16.9. The Labute approximate surface area is 166 Å². The molecule has 2 heterocycles. The van der Waals surface area contributed by atoms with E-state index in [0.717, 1.165) is 48.9 Å². The van der Waals surface area contributed by atoms with E-state index in [1.54, 1.807) is 20.2 Å². The third kappa shape index (κ3) is 3.95. The summed E-state index contributed by atoms with van der Waals surface area (Å²) in [6.45, 7) is 7.38. The molecule has 1 saturated heterocycles. The molecule has 6 heteroatoms. The van der Waals surface area contributed by atoms with E-state index in [1.807, 2.05) is 26.0 Å². The summed E-state index contributed by atoms with van der Waals surface area (Å²) in [5.41, 5.74) is 5.31. The lowest BCUT2D eigenvalue weighted by molar-refractivity contribution is -0.124. The van der Waals surface area contributed by atoms with Crippen molar-refractivity contribution >= 4 is 17.7 Å². The van der Waals surface area contributed by atoms with Crippen molar-refractivity contribution in [3.05, 3.63) is 52.9 Å². The first-order valence-corrected chi connectivity index (χ1v) is 9.38. The van der Waals surface area contributed by atoms with Gasteiger partial charge in [-0.25, -0.2) is 0 Å². The van der Waals surface area contributed by atoms with Crippen molar-refractivity contribution in [1.29, 1.82) is 5.26 Å². The third-order valence-electron chi connectivity index (χ3n) is 5.01. The molecule has 1 aliphatic rings. The maximum Gasteiger partial charge on any atom is 0.264 e. The molecule has 1 aromatic heterocycles. The first kappa shape index (κ1) is 19.7. The quantitative estimate of drug-likeness (QED) is 0.606. The molecule has 6 nitrogen and oxygen atoms in total. The fourth-order valence-electron chi connectivity index (χ4n) is 3.50. The first-order chi connectivity index (χ1) is 13.4. The number of anilines is 1. The van der Waals surface area contributed by atoms with Gasteiger partial charge < -0.3 is 19.1 Å². The Morgan fingerprint density at radius 1 is 1.14 bits per heavy atom. The van der Waals surface area contributed by atoms with Gasteiger partial charge in [-0.15, -0.1) is 0 Å². The van der Waals surface area contributed by atoms with E-state index in [2.05, 4.69) is 33.7 Å². The second-order valence-electron chi connectivity index (χ2n) is 7.15. The predicted octanol–water partition coefficient (Wildman–Crippen LogP) is 2.93. The molecule has 1 aliphatic heterocycles. The van der Waals surface area contributed by atoms with Gasteiger partial charge in [0.05, 0.1) is 13.2 Å². The second kappa shape index (κ2) is 8.32. The van der Waals surface area contributed by atoms with Crippen LogP contribution in [0.5, 0.6) is 0 Å². The normalized spacial score (nSPS) is 14.7. The molecule has 146 valence electrons.